The third-order valence-corrected chi connectivity index (χ3v) is 5.66. The SMILES string of the molecule is N#CCCNS(=O)(=O)c1ccc(C(=O)Nc2ccc(OCc3ccccc3)nc2)cc1. The standard InChI is InChI=1S/C22H20N4O4S/c23-13-4-14-25-31(28,29)20-10-7-18(8-11-20)22(27)26-19-9-12-21(24-15-19)30-16-17-5-2-1-3-6-17/h1-3,5-12,15,25H,4,14,16H2,(H,26,27). The fraction of sp³-hybridized carbons (Fsp3) is 0.136. The summed E-state index contributed by atoms with van der Waals surface area (Å²) in [5, 5.41) is 11.2. The molecule has 0 aliphatic carbocycles. The fourth-order valence-corrected chi connectivity index (χ4v) is 3.62. The zero-order valence-corrected chi connectivity index (χ0v) is 17.3. The molecule has 3 rings (SSSR count). The normalized spacial score (nSPS) is 10.8. The largest absolute Gasteiger partial charge is 0.473 e. The van der Waals surface area contributed by atoms with Crippen molar-refractivity contribution >= 4 is 21.6 Å². The summed E-state index contributed by atoms with van der Waals surface area (Å²) in [6, 6.07) is 20.4. The lowest BCUT2D eigenvalue weighted by Crippen LogP contribution is -2.24. The first-order valence-corrected chi connectivity index (χ1v) is 10.9. The van der Waals surface area contributed by atoms with E-state index < -0.39 is 15.9 Å². The van der Waals surface area contributed by atoms with Gasteiger partial charge >= 0.3 is 0 Å². The van der Waals surface area contributed by atoms with E-state index in [9.17, 15) is 13.2 Å². The molecule has 0 saturated heterocycles. The van der Waals surface area contributed by atoms with E-state index in [1.54, 1.807) is 12.1 Å². The minimum Gasteiger partial charge on any atom is -0.473 e. The Labute approximate surface area is 180 Å². The topological polar surface area (TPSA) is 121 Å². The number of benzene rings is 2. The maximum Gasteiger partial charge on any atom is 0.255 e. The third-order valence-electron chi connectivity index (χ3n) is 4.18. The fourth-order valence-electron chi connectivity index (χ4n) is 2.58. The predicted molar refractivity (Wildman–Crippen MR) is 115 cm³/mol. The molecule has 0 unspecified atom stereocenters. The van der Waals surface area contributed by atoms with E-state index in [0.29, 0.717) is 23.7 Å². The van der Waals surface area contributed by atoms with Crippen LogP contribution in [0.5, 0.6) is 5.88 Å². The van der Waals surface area contributed by atoms with Gasteiger partial charge in [-0.1, -0.05) is 30.3 Å². The Balaban J connectivity index is 1.56. The number of pyridine rings is 1. The van der Waals surface area contributed by atoms with Crippen LogP contribution in [0.2, 0.25) is 0 Å². The molecule has 158 valence electrons. The first-order chi connectivity index (χ1) is 15.0. The lowest BCUT2D eigenvalue weighted by atomic mass is 10.2. The van der Waals surface area contributed by atoms with Gasteiger partial charge in [-0.15, -0.1) is 0 Å². The van der Waals surface area contributed by atoms with E-state index >= 15 is 0 Å². The second-order valence-corrected chi connectivity index (χ2v) is 8.21. The van der Waals surface area contributed by atoms with E-state index in [-0.39, 0.29) is 17.9 Å². The average molecular weight is 436 g/mol. The third kappa shape index (κ3) is 6.37. The molecule has 0 saturated carbocycles. The van der Waals surface area contributed by atoms with Crippen LogP contribution in [0.3, 0.4) is 0 Å². The summed E-state index contributed by atoms with van der Waals surface area (Å²) in [5.41, 5.74) is 1.79. The van der Waals surface area contributed by atoms with Crippen molar-refractivity contribution in [3.8, 4) is 11.9 Å². The smallest absolute Gasteiger partial charge is 0.255 e. The van der Waals surface area contributed by atoms with Crippen molar-refractivity contribution in [1.82, 2.24) is 9.71 Å². The van der Waals surface area contributed by atoms with Gasteiger partial charge in [-0.05, 0) is 35.9 Å². The summed E-state index contributed by atoms with van der Waals surface area (Å²) < 4.78 is 32.2. The van der Waals surface area contributed by atoms with Crippen LogP contribution in [0.15, 0.2) is 77.8 Å². The molecule has 3 aromatic rings. The Hall–Kier alpha value is -3.74. The molecule has 1 aromatic heterocycles. The Morgan fingerprint density at radius 3 is 2.42 bits per heavy atom. The number of anilines is 1. The van der Waals surface area contributed by atoms with Crippen molar-refractivity contribution in [3.05, 3.63) is 84.1 Å². The van der Waals surface area contributed by atoms with Crippen LogP contribution in [0.4, 0.5) is 5.69 Å². The summed E-state index contributed by atoms with van der Waals surface area (Å²) >= 11 is 0. The maximum absolute atomic E-state index is 12.4. The molecule has 0 spiro atoms. The van der Waals surface area contributed by atoms with Crippen LogP contribution in [-0.4, -0.2) is 25.9 Å². The molecule has 0 bridgehead atoms. The van der Waals surface area contributed by atoms with Crippen LogP contribution in [0, 0.1) is 11.3 Å². The van der Waals surface area contributed by atoms with Gasteiger partial charge in [0.15, 0.2) is 0 Å². The van der Waals surface area contributed by atoms with Gasteiger partial charge in [0.2, 0.25) is 15.9 Å². The highest BCUT2D eigenvalue weighted by atomic mass is 32.2. The average Bonchev–Trinajstić information content (AvgIpc) is 2.79. The molecule has 2 N–H and O–H groups in total. The summed E-state index contributed by atoms with van der Waals surface area (Å²) in [6.07, 6.45) is 1.56. The number of hydrogen-bond donors (Lipinski definition) is 2. The summed E-state index contributed by atoms with van der Waals surface area (Å²) in [5.74, 6) is 0.0291. The first-order valence-electron chi connectivity index (χ1n) is 9.39. The number of rotatable bonds is 9. The molecular formula is C22H20N4O4S. The quantitative estimate of drug-likeness (QED) is 0.497. The van der Waals surface area contributed by atoms with E-state index in [0.717, 1.165) is 5.56 Å². The van der Waals surface area contributed by atoms with Gasteiger partial charge < -0.3 is 10.1 Å². The summed E-state index contributed by atoms with van der Waals surface area (Å²) in [4.78, 5) is 16.6. The molecule has 0 aliphatic heterocycles. The van der Waals surface area contributed by atoms with E-state index in [2.05, 4.69) is 15.0 Å². The molecular weight excluding hydrogens is 416 g/mol. The first kappa shape index (κ1) is 22.0. The van der Waals surface area contributed by atoms with E-state index in [4.69, 9.17) is 10.00 Å². The second-order valence-electron chi connectivity index (χ2n) is 6.44. The molecule has 9 heteroatoms. The van der Waals surface area contributed by atoms with Crippen molar-refractivity contribution < 1.29 is 17.9 Å². The minimum absolute atomic E-state index is 0.0172. The number of nitriles is 1. The number of hydrogen-bond acceptors (Lipinski definition) is 6. The molecule has 2 aromatic carbocycles. The van der Waals surface area contributed by atoms with Crippen LogP contribution in [0.1, 0.15) is 22.3 Å². The summed E-state index contributed by atoms with van der Waals surface area (Å²) in [7, 11) is -3.72. The molecule has 0 aliphatic rings. The number of aromatic nitrogens is 1. The number of carbonyl (C=O) groups is 1. The van der Waals surface area contributed by atoms with Gasteiger partial charge in [-0.25, -0.2) is 18.1 Å². The van der Waals surface area contributed by atoms with Gasteiger partial charge in [0, 0.05) is 24.6 Å². The van der Waals surface area contributed by atoms with Crippen molar-refractivity contribution in [2.75, 3.05) is 11.9 Å². The molecule has 0 fully saturated rings. The number of ether oxygens (including phenoxy) is 1. The molecule has 8 nitrogen and oxygen atoms in total. The highest BCUT2D eigenvalue weighted by molar-refractivity contribution is 7.89. The lowest BCUT2D eigenvalue weighted by Gasteiger charge is -2.09. The van der Waals surface area contributed by atoms with Gasteiger partial charge in [0.05, 0.1) is 22.8 Å². The molecule has 0 atom stereocenters. The number of nitrogens with one attached hydrogen (secondary N) is 2. The molecule has 31 heavy (non-hydrogen) atoms. The minimum atomic E-state index is -3.72. The van der Waals surface area contributed by atoms with Gasteiger partial charge in [0.25, 0.3) is 5.91 Å². The summed E-state index contributed by atoms with van der Waals surface area (Å²) in [6.45, 7) is 0.416. The van der Waals surface area contributed by atoms with Gasteiger partial charge in [-0.2, -0.15) is 5.26 Å². The van der Waals surface area contributed by atoms with Crippen LogP contribution < -0.4 is 14.8 Å². The predicted octanol–water partition coefficient (Wildman–Crippen LogP) is 3.10. The highest BCUT2D eigenvalue weighted by Gasteiger charge is 2.14. The number of carbonyl (C=O) groups excluding carboxylic acids is 1. The van der Waals surface area contributed by atoms with Crippen molar-refractivity contribution in [2.45, 2.75) is 17.9 Å². The van der Waals surface area contributed by atoms with E-state index in [1.807, 2.05) is 36.4 Å². The van der Waals surface area contributed by atoms with Crippen molar-refractivity contribution in [1.29, 1.82) is 5.26 Å². The lowest BCUT2D eigenvalue weighted by molar-refractivity contribution is 0.102. The Morgan fingerprint density at radius 2 is 1.77 bits per heavy atom. The molecule has 0 radical (unpaired) electrons. The molecule has 1 amide bonds. The number of amides is 1. The molecule has 1 heterocycles. The van der Waals surface area contributed by atoms with Gasteiger partial charge in [-0.3, -0.25) is 4.79 Å². The highest BCUT2D eigenvalue weighted by Crippen LogP contribution is 2.16. The Morgan fingerprint density at radius 1 is 1.03 bits per heavy atom. The second kappa shape index (κ2) is 10.3. The zero-order chi connectivity index (χ0) is 22.1. The van der Waals surface area contributed by atoms with Crippen LogP contribution in [-0.2, 0) is 16.6 Å². The Bertz CT molecular complexity index is 1160. The number of nitrogens with zero attached hydrogens (tertiary/aromatic N) is 2. The van der Waals surface area contributed by atoms with Crippen LogP contribution >= 0.6 is 0 Å². The van der Waals surface area contributed by atoms with Gasteiger partial charge in [0.1, 0.15) is 6.61 Å². The van der Waals surface area contributed by atoms with Crippen molar-refractivity contribution in [3.63, 3.8) is 0 Å². The zero-order valence-electron chi connectivity index (χ0n) is 16.5. The van der Waals surface area contributed by atoms with Crippen LogP contribution in [0.25, 0.3) is 0 Å². The van der Waals surface area contributed by atoms with Crippen molar-refractivity contribution in [2.24, 2.45) is 0 Å². The maximum atomic E-state index is 12.4. The number of sulfonamides is 1. The Kier molecular flexibility index (Phi) is 7.32. The van der Waals surface area contributed by atoms with E-state index in [1.165, 1.54) is 30.5 Å². The monoisotopic (exact) mass is 436 g/mol.